The van der Waals surface area contributed by atoms with Crippen molar-refractivity contribution in [3.63, 3.8) is 0 Å². The summed E-state index contributed by atoms with van der Waals surface area (Å²) in [6.07, 6.45) is 0. The molecule has 9 aromatic carbocycles. The second-order valence-corrected chi connectivity index (χ2v) is 14.8. The highest BCUT2D eigenvalue weighted by Gasteiger charge is 2.50. The van der Waals surface area contributed by atoms with Crippen LogP contribution in [0.1, 0.15) is 22.3 Å². The molecule has 2 aliphatic rings. The summed E-state index contributed by atoms with van der Waals surface area (Å²) in [5.41, 5.74) is 17.2. The number of hydrogen-bond acceptors (Lipinski definition) is 2. The molecule has 0 fully saturated rings. The highest BCUT2D eigenvalue weighted by Crippen LogP contribution is 2.62. The molecule has 2 nitrogen and oxygen atoms in total. The third kappa shape index (κ3) is 4.14. The van der Waals surface area contributed by atoms with E-state index in [0.717, 1.165) is 39.0 Å². The van der Waals surface area contributed by atoms with Gasteiger partial charge in [0.1, 0.15) is 11.2 Å². The van der Waals surface area contributed by atoms with Gasteiger partial charge in [0.05, 0.1) is 11.1 Å². The van der Waals surface area contributed by atoms with Crippen molar-refractivity contribution in [3.05, 3.63) is 222 Å². The van der Waals surface area contributed by atoms with Crippen LogP contribution in [0.2, 0.25) is 0 Å². The minimum absolute atomic E-state index is 0.598. The van der Waals surface area contributed by atoms with Gasteiger partial charge in [-0.15, -0.1) is 0 Å². The second-order valence-electron chi connectivity index (χ2n) is 14.8. The third-order valence-corrected chi connectivity index (χ3v) is 12.1. The summed E-state index contributed by atoms with van der Waals surface area (Å²) >= 11 is 0. The van der Waals surface area contributed by atoms with Gasteiger partial charge in [0.2, 0.25) is 0 Å². The Kier molecular flexibility index (Phi) is 6.29. The van der Waals surface area contributed by atoms with Crippen LogP contribution in [-0.4, -0.2) is 0 Å². The summed E-state index contributed by atoms with van der Waals surface area (Å²) < 4.78 is 6.53. The van der Waals surface area contributed by atoms with E-state index in [1.807, 2.05) is 0 Å². The fourth-order valence-corrected chi connectivity index (χ4v) is 9.85. The van der Waals surface area contributed by atoms with E-state index in [9.17, 15) is 0 Å². The average molecular weight is 700 g/mol. The first-order chi connectivity index (χ1) is 27.3. The number of benzene rings is 9. The van der Waals surface area contributed by atoms with E-state index in [2.05, 4.69) is 205 Å². The Morgan fingerprint density at radius 2 is 0.909 bits per heavy atom. The molecule has 0 bridgehead atoms. The Bertz CT molecular complexity index is 3170. The predicted octanol–water partition coefficient (Wildman–Crippen LogP) is 14.2. The Morgan fingerprint density at radius 3 is 1.71 bits per heavy atom. The van der Waals surface area contributed by atoms with Crippen LogP contribution in [0, 0.1) is 0 Å². The van der Waals surface area contributed by atoms with Crippen molar-refractivity contribution >= 4 is 49.8 Å². The predicted molar refractivity (Wildman–Crippen MR) is 228 cm³/mol. The van der Waals surface area contributed by atoms with Gasteiger partial charge in [-0.3, -0.25) is 0 Å². The smallest absolute Gasteiger partial charge is 0.136 e. The molecule has 10 aromatic rings. The molecule has 1 heterocycles. The van der Waals surface area contributed by atoms with Crippen molar-refractivity contribution in [1.82, 2.24) is 0 Å². The molecule has 2 aliphatic carbocycles. The molecule has 0 saturated carbocycles. The van der Waals surface area contributed by atoms with Crippen molar-refractivity contribution in [2.24, 2.45) is 0 Å². The van der Waals surface area contributed by atoms with Crippen molar-refractivity contribution in [2.45, 2.75) is 5.41 Å². The van der Waals surface area contributed by atoms with E-state index in [-0.39, 0.29) is 0 Å². The molecule has 0 aliphatic heterocycles. The highest BCUT2D eigenvalue weighted by molar-refractivity contribution is 6.09. The first-order valence-corrected chi connectivity index (χ1v) is 19.0. The van der Waals surface area contributed by atoms with Crippen LogP contribution in [0.5, 0.6) is 0 Å². The summed E-state index contributed by atoms with van der Waals surface area (Å²) in [7, 11) is 0. The highest BCUT2D eigenvalue weighted by atomic mass is 16.3. The van der Waals surface area contributed by atoms with Crippen LogP contribution >= 0.6 is 0 Å². The molecule has 1 aromatic heterocycles. The zero-order valence-electron chi connectivity index (χ0n) is 29.9. The molecule has 256 valence electrons. The zero-order chi connectivity index (χ0) is 36.1. The van der Waals surface area contributed by atoms with Crippen LogP contribution in [0.3, 0.4) is 0 Å². The summed E-state index contributed by atoms with van der Waals surface area (Å²) in [6.45, 7) is 0. The van der Waals surface area contributed by atoms with Crippen LogP contribution in [0.25, 0.3) is 66.1 Å². The lowest BCUT2D eigenvalue weighted by molar-refractivity contribution is 0.668. The topological polar surface area (TPSA) is 16.4 Å². The van der Waals surface area contributed by atoms with E-state index in [4.69, 9.17) is 4.42 Å². The third-order valence-electron chi connectivity index (χ3n) is 12.1. The van der Waals surface area contributed by atoms with Gasteiger partial charge < -0.3 is 9.32 Å². The minimum Gasteiger partial charge on any atom is -0.456 e. The molecule has 1 atom stereocenters. The van der Waals surface area contributed by atoms with Crippen LogP contribution in [-0.2, 0) is 5.41 Å². The van der Waals surface area contributed by atoms with Gasteiger partial charge >= 0.3 is 0 Å². The quantitative estimate of drug-likeness (QED) is 0.183. The summed E-state index contributed by atoms with van der Waals surface area (Å²) in [5, 5.41) is 4.71. The first-order valence-electron chi connectivity index (χ1n) is 19.0. The normalized spacial score (nSPS) is 15.0. The number of hydrogen-bond donors (Lipinski definition) is 0. The van der Waals surface area contributed by atoms with Crippen LogP contribution in [0.4, 0.5) is 17.1 Å². The van der Waals surface area contributed by atoms with Gasteiger partial charge in [0, 0.05) is 27.5 Å². The Morgan fingerprint density at radius 1 is 0.327 bits per heavy atom. The minimum atomic E-state index is -0.598. The van der Waals surface area contributed by atoms with Gasteiger partial charge in [-0.1, -0.05) is 152 Å². The summed E-state index contributed by atoms with van der Waals surface area (Å²) in [5.74, 6) is 0. The fraction of sp³-hybridized carbons (Fsp3) is 0.0189. The van der Waals surface area contributed by atoms with Gasteiger partial charge in [0.15, 0.2) is 0 Å². The van der Waals surface area contributed by atoms with Crippen LogP contribution in [0.15, 0.2) is 205 Å². The number of furan rings is 1. The van der Waals surface area contributed by atoms with Gasteiger partial charge in [-0.25, -0.2) is 0 Å². The molecular formula is C53H33NO. The standard InChI is InChI=1S/C53H33NO/c1-2-17-35(18-3-1)54(50-27-14-16-34-15-4-5-19-37(34)50)36-29-30-48-43(31-36)39-21-7-6-20-38(39)40-22-8-11-25-46(40)53(48)47-26-12-9-23-41(47)44-33-52-45(32-49(44)53)42-24-10-13-28-51(42)55-52/h1-33H. The van der Waals surface area contributed by atoms with Crippen molar-refractivity contribution in [3.8, 4) is 33.4 Å². The summed E-state index contributed by atoms with van der Waals surface area (Å²) in [6, 6.07) is 73.6. The van der Waals surface area contributed by atoms with E-state index in [0.29, 0.717) is 0 Å². The lowest BCUT2D eigenvalue weighted by Gasteiger charge is -2.36. The largest absolute Gasteiger partial charge is 0.456 e. The molecule has 2 heteroatoms. The molecule has 1 spiro atoms. The summed E-state index contributed by atoms with van der Waals surface area (Å²) in [4.78, 5) is 2.42. The van der Waals surface area contributed by atoms with Crippen molar-refractivity contribution in [2.75, 3.05) is 4.90 Å². The first kappa shape index (κ1) is 30.3. The molecule has 12 rings (SSSR count). The number of nitrogens with zero attached hydrogens (tertiary/aromatic N) is 1. The van der Waals surface area contributed by atoms with Gasteiger partial charge in [-0.2, -0.15) is 0 Å². The maximum absolute atomic E-state index is 6.53. The molecule has 0 saturated heterocycles. The van der Waals surface area contributed by atoms with E-state index < -0.39 is 5.41 Å². The zero-order valence-corrected chi connectivity index (χ0v) is 29.9. The maximum atomic E-state index is 6.53. The van der Waals surface area contributed by atoms with Gasteiger partial charge in [0.25, 0.3) is 0 Å². The second kappa shape index (κ2) is 11.4. The van der Waals surface area contributed by atoms with Gasteiger partial charge in [-0.05, 0) is 110 Å². The average Bonchev–Trinajstić information content (AvgIpc) is 3.73. The maximum Gasteiger partial charge on any atom is 0.136 e. The van der Waals surface area contributed by atoms with E-state index in [1.54, 1.807) is 0 Å². The SMILES string of the molecule is c1ccc(N(c2ccc3c(c2)-c2ccccc2-c2ccccc2C32c3ccccc3-c3cc4oc5ccccc5c4cc32)c2cccc3ccccc23)cc1. The molecule has 0 N–H and O–H groups in total. The van der Waals surface area contributed by atoms with Crippen molar-refractivity contribution in [1.29, 1.82) is 0 Å². The molecular weight excluding hydrogens is 667 g/mol. The Hall–Kier alpha value is -7.16. The Labute approximate surface area is 319 Å². The van der Waals surface area contributed by atoms with Crippen molar-refractivity contribution < 1.29 is 4.42 Å². The van der Waals surface area contributed by atoms with E-state index >= 15 is 0 Å². The van der Waals surface area contributed by atoms with E-state index in [1.165, 1.54) is 66.4 Å². The lowest BCUT2D eigenvalue weighted by Crippen LogP contribution is -2.29. The molecule has 0 amide bonds. The Balaban J connectivity index is 1.22. The number of rotatable bonds is 3. The van der Waals surface area contributed by atoms with Crippen LogP contribution < -0.4 is 4.90 Å². The number of fused-ring (bicyclic) bond motifs is 16. The molecule has 55 heavy (non-hydrogen) atoms. The monoisotopic (exact) mass is 699 g/mol. The lowest BCUT2D eigenvalue weighted by atomic mass is 9.65. The fourth-order valence-electron chi connectivity index (χ4n) is 9.85. The molecule has 0 radical (unpaired) electrons. The number of para-hydroxylation sites is 2. The number of anilines is 3. The molecule has 1 unspecified atom stereocenters.